The number of piperidine rings is 2. The molecule has 0 aromatic heterocycles. The number of urea groups is 1. The van der Waals surface area contributed by atoms with E-state index < -0.39 is 5.54 Å². The van der Waals surface area contributed by atoms with Gasteiger partial charge in [0.05, 0.1) is 0 Å². The molecule has 3 saturated heterocycles. The van der Waals surface area contributed by atoms with Crippen molar-refractivity contribution in [3.63, 3.8) is 0 Å². The lowest BCUT2D eigenvalue weighted by Gasteiger charge is -2.33. The Bertz CT molecular complexity index is 359. The molecule has 6 nitrogen and oxygen atoms in total. The van der Waals surface area contributed by atoms with Crippen LogP contribution in [0.4, 0.5) is 4.79 Å². The zero-order chi connectivity index (χ0) is 12.6. The summed E-state index contributed by atoms with van der Waals surface area (Å²) in [5, 5.41) is 9.44. The Kier molecular flexibility index (Phi) is 2.99. The molecular weight excluding hydrogens is 232 g/mol. The molecule has 3 rings (SSSR count). The fourth-order valence-electron chi connectivity index (χ4n) is 3.23. The van der Waals surface area contributed by atoms with Crippen LogP contribution in [0.15, 0.2) is 0 Å². The molecule has 0 aromatic rings. The average molecular weight is 252 g/mol. The summed E-state index contributed by atoms with van der Waals surface area (Å²) in [4.78, 5) is 26.2. The van der Waals surface area contributed by atoms with Crippen molar-refractivity contribution in [2.75, 3.05) is 26.2 Å². The van der Waals surface area contributed by atoms with Crippen LogP contribution < -0.4 is 16.0 Å². The Labute approximate surface area is 106 Å². The van der Waals surface area contributed by atoms with Crippen molar-refractivity contribution < 1.29 is 9.59 Å². The number of hydrogen-bond donors (Lipinski definition) is 3. The largest absolute Gasteiger partial charge is 0.325 e. The van der Waals surface area contributed by atoms with Gasteiger partial charge in [0.1, 0.15) is 5.54 Å². The van der Waals surface area contributed by atoms with Gasteiger partial charge in [-0.2, -0.15) is 0 Å². The predicted molar refractivity (Wildman–Crippen MR) is 66.1 cm³/mol. The topological polar surface area (TPSA) is 73.5 Å². The smallest absolute Gasteiger partial charge is 0.323 e. The number of nitrogens with one attached hydrogen (secondary N) is 3. The molecule has 0 aromatic carbocycles. The van der Waals surface area contributed by atoms with Crippen LogP contribution in [0.5, 0.6) is 0 Å². The monoisotopic (exact) mass is 252 g/mol. The summed E-state index contributed by atoms with van der Waals surface area (Å²) in [6.07, 6.45) is 3.15. The number of hydrogen-bond acceptors (Lipinski definition) is 4. The molecule has 100 valence electrons. The summed E-state index contributed by atoms with van der Waals surface area (Å²) >= 11 is 0. The standard InChI is InChI=1S/C12H20N4O2/c17-10-12(3-7-14-8-4-12)15-11(18)16(10)9-1-5-13-6-2-9/h9,13-14H,1-8H2,(H,15,18). The second-order valence-corrected chi connectivity index (χ2v) is 5.42. The average Bonchev–Trinajstić information content (AvgIpc) is 2.63. The molecule has 3 N–H and O–H groups in total. The number of imide groups is 1. The molecule has 3 heterocycles. The van der Waals surface area contributed by atoms with E-state index in [9.17, 15) is 9.59 Å². The summed E-state index contributed by atoms with van der Waals surface area (Å²) < 4.78 is 0. The molecule has 0 aliphatic carbocycles. The number of rotatable bonds is 1. The fourth-order valence-corrected chi connectivity index (χ4v) is 3.23. The molecule has 0 bridgehead atoms. The first-order chi connectivity index (χ1) is 8.73. The van der Waals surface area contributed by atoms with Gasteiger partial charge in [-0.1, -0.05) is 0 Å². The molecule has 1 spiro atoms. The Hall–Kier alpha value is -1.14. The Morgan fingerprint density at radius 2 is 1.61 bits per heavy atom. The van der Waals surface area contributed by atoms with Gasteiger partial charge in [0.2, 0.25) is 0 Å². The maximum absolute atomic E-state index is 12.6. The summed E-state index contributed by atoms with van der Waals surface area (Å²) in [6, 6.07) is -0.109. The van der Waals surface area contributed by atoms with E-state index in [2.05, 4.69) is 16.0 Å². The number of carbonyl (C=O) groups is 2. The minimum Gasteiger partial charge on any atom is -0.323 e. The van der Waals surface area contributed by atoms with Crippen molar-refractivity contribution in [3.05, 3.63) is 0 Å². The van der Waals surface area contributed by atoms with Gasteiger partial charge in [0.25, 0.3) is 5.91 Å². The van der Waals surface area contributed by atoms with Gasteiger partial charge in [-0.15, -0.1) is 0 Å². The highest BCUT2D eigenvalue weighted by Gasteiger charge is 2.53. The van der Waals surface area contributed by atoms with Gasteiger partial charge in [0.15, 0.2) is 0 Å². The molecule has 3 aliphatic rings. The maximum atomic E-state index is 12.6. The first-order valence-corrected chi connectivity index (χ1v) is 6.80. The van der Waals surface area contributed by atoms with E-state index in [4.69, 9.17) is 0 Å². The van der Waals surface area contributed by atoms with Crippen LogP contribution in [-0.4, -0.2) is 54.6 Å². The van der Waals surface area contributed by atoms with E-state index in [1.807, 2.05) is 0 Å². The van der Waals surface area contributed by atoms with Crippen LogP contribution in [0, 0.1) is 0 Å². The van der Waals surface area contributed by atoms with Crippen molar-refractivity contribution in [3.8, 4) is 0 Å². The minimum atomic E-state index is -0.618. The lowest BCUT2D eigenvalue weighted by atomic mass is 9.88. The van der Waals surface area contributed by atoms with E-state index in [0.717, 1.165) is 39.0 Å². The van der Waals surface area contributed by atoms with Gasteiger partial charge < -0.3 is 16.0 Å². The van der Waals surface area contributed by atoms with Crippen molar-refractivity contribution in [2.24, 2.45) is 0 Å². The second-order valence-electron chi connectivity index (χ2n) is 5.42. The highest BCUT2D eigenvalue weighted by Crippen LogP contribution is 2.29. The van der Waals surface area contributed by atoms with E-state index >= 15 is 0 Å². The van der Waals surface area contributed by atoms with Crippen molar-refractivity contribution in [1.29, 1.82) is 0 Å². The zero-order valence-electron chi connectivity index (χ0n) is 10.5. The molecule has 3 fully saturated rings. The van der Waals surface area contributed by atoms with Crippen molar-refractivity contribution >= 4 is 11.9 Å². The van der Waals surface area contributed by atoms with E-state index in [1.165, 1.54) is 4.90 Å². The van der Waals surface area contributed by atoms with Gasteiger partial charge in [-0.05, 0) is 51.9 Å². The lowest BCUT2D eigenvalue weighted by Crippen LogP contribution is -2.54. The first-order valence-electron chi connectivity index (χ1n) is 6.80. The molecule has 0 saturated carbocycles. The Morgan fingerprint density at radius 1 is 1.00 bits per heavy atom. The number of amides is 3. The highest BCUT2D eigenvalue weighted by molar-refractivity contribution is 6.07. The van der Waals surface area contributed by atoms with E-state index in [0.29, 0.717) is 12.8 Å². The summed E-state index contributed by atoms with van der Waals surface area (Å²) in [7, 11) is 0. The third-order valence-electron chi connectivity index (χ3n) is 4.32. The second kappa shape index (κ2) is 4.51. The fraction of sp³-hybridized carbons (Fsp3) is 0.833. The Morgan fingerprint density at radius 3 is 2.28 bits per heavy atom. The number of carbonyl (C=O) groups excluding carboxylic acids is 2. The molecule has 3 aliphatic heterocycles. The van der Waals surface area contributed by atoms with E-state index in [1.54, 1.807) is 0 Å². The molecule has 3 amide bonds. The minimum absolute atomic E-state index is 0.000833. The summed E-state index contributed by atoms with van der Waals surface area (Å²) in [5.74, 6) is 0.000833. The SMILES string of the molecule is O=C1NC2(CCNCC2)C(=O)N1C1CCNCC1. The molecule has 6 heteroatoms. The van der Waals surface area contributed by atoms with Crippen LogP contribution >= 0.6 is 0 Å². The van der Waals surface area contributed by atoms with Gasteiger partial charge >= 0.3 is 6.03 Å². The van der Waals surface area contributed by atoms with Gasteiger partial charge in [0, 0.05) is 6.04 Å². The van der Waals surface area contributed by atoms with Crippen LogP contribution in [0.1, 0.15) is 25.7 Å². The Balaban J connectivity index is 1.79. The molecule has 18 heavy (non-hydrogen) atoms. The van der Waals surface area contributed by atoms with Crippen LogP contribution in [0.3, 0.4) is 0 Å². The molecular formula is C12H20N4O2. The molecule has 0 unspecified atom stereocenters. The maximum Gasteiger partial charge on any atom is 0.325 e. The van der Waals surface area contributed by atoms with Crippen LogP contribution in [-0.2, 0) is 4.79 Å². The predicted octanol–water partition coefficient (Wildman–Crippen LogP) is -0.588. The number of nitrogens with zero attached hydrogens (tertiary/aromatic N) is 1. The third-order valence-corrected chi connectivity index (χ3v) is 4.32. The van der Waals surface area contributed by atoms with Gasteiger partial charge in [-0.3, -0.25) is 9.69 Å². The van der Waals surface area contributed by atoms with Gasteiger partial charge in [-0.25, -0.2) is 4.79 Å². The van der Waals surface area contributed by atoms with E-state index in [-0.39, 0.29) is 18.0 Å². The third kappa shape index (κ3) is 1.80. The quantitative estimate of drug-likeness (QED) is 0.546. The first kappa shape index (κ1) is 11.9. The van der Waals surface area contributed by atoms with Crippen molar-refractivity contribution in [2.45, 2.75) is 37.3 Å². The molecule has 0 radical (unpaired) electrons. The van der Waals surface area contributed by atoms with Crippen LogP contribution in [0.25, 0.3) is 0 Å². The normalized spacial score (nSPS) is 28.8. The summed E-state index contributed by atoms with van der Waals surface area (Å²) in [5.41, 5.74) is -0.618. The van der Waals surface area contributed by atoms with Crippen LogP contribution in [0.2, 0.25) is 0 Å². The van der Waals surface area contributed by atoms with Crippen molar-refractivity contribution in [1.82, 2.24) is 20.9 Å². The lowest BCUT2D eigenvalue weighted by molar-refractivity contribution is -0.134. The molecule has 0 atom stereocenters. The highest BCUT2D eigenvalue weighted by atomic mass is 16.2. The zero-order valence-corrected chi connectivity index (χ0v) is 10.5. The summed E-state index contributed by atoms with van der Waals surface area (Å²) in [6.45, 7) is 3.37.